The van der Waals surface area contributed by atoms with Crippen LogP contribution in [0.4, 0.5) is 0 Å². The third-order valence-electron chi connectivity index (χ3n) is 1.84. The standard InChI is InChI=1S/C10H6O4S/c11-4-7-3-6(5-15-7)8-1-2-9(14-8)10(12)13/h1-5H,(H,12,13). The van der Waals surface area contributed by atoms with E-state index in [9.17, 15) is 9.59 Å². The molecule has 0 fully saturated rings. The molecule has 0 aromatic carbocycles. The molecule has 0 amide bonds. The van der Waals surface area contributed by atoms with Gasteiger partial charge in [0.05, 0.1) is 4.88 Å². The monoisotopic (exact) mass is 222 g/mol. The number of hydrogen-bond acceptors (Lipinski definition) is 4. The summed E-state index contributed by atoms with van der Waals surface area (Å²) in [5.74, 6) is -0.757. The number of aldehydes is 1. The van der Waals surface area contributed by atoms with E-state index in [0.29, 0.717) is 10.6 Å². The van der Waals surface area contributed by atoms with Crippen LogP contribution in [-0.4, -0.2) is 17.4 Å². The molecule has 4 nitrogen and oxygen atoms in total. The lowest BCUT2D eigenvalue weighted by atomic mass is 10.2. The molecule has 0 radical (unpaired) electrons. The Hall–Kier alpha value is -1.88. The number of carbonyl (C=O) groups excluding carboxylic acids is 1. The number of rotatable bonds is 3. The molecule has 0 spiro atoms. The Morgan fingerprint density at radius 1 is 1.47 bits per heavy atom. The van der Waals surface area contributed by atoms with Crippen LogP contribution in [0, 0.1) is 0 Å². The van der Waals surface area contributed by atoms with Gasteiger partial charge in [0, 0.05) is 10.9 Å². The molecule has 2 aromatic heterocycles. The van der Waals surface area contributed by atoms with Crippen molar-refractivity contribution in [3.05, 3.63) is 34.2 Å². The van der Waals surface area contributed by atoms with Gasteiger partial charge in [0.2, 0.25) is 5.76 Å². The Balaban J connectivity index is 2.36. The van der Waals surface area contributed by atoms with E-state index in [1.807, 2.05) is 0 Å². The average Bonchev–Trinajstić information content (AvgIpc) is 2.86. The highest BCUT2D eigenvalue weighted by Gasteiger charge is 2.11. The molecule has 0 saturated heterocycles. The van der Waals surface area contributed by atoms with E-state index in [0.717, 1.165) is 11.8 Å². The van der Waals surface area contributed by atoms with Crippen LogP contribution < -0.4 is 0 Å². The van der Waals surface area contributed by atoms with Gasteiger partial charge < -0.3 is 9.52 Å². The van der Waals surface area contributed by atoms with Crippen LogP contribution in [0.5, 0.6) is 0 Å². The van der Waals surface area contributed by atoms with Crippen molar-refractivity contribution in [3.8, 4) is 11.3 Å². The summed E-state index contributed by atoms with van der Waals surface area (Å²) < 4.78 is 5.08. The Bertz CT molecular complexity index is 509. The molecule has 0 aliphatic rings. The lowest BCUT2D eigenvalue weighted by Gasteiger charge is -1.89. The quantitative estimate of drug-likeness (QED) is 0.810. The van der Waals surface area contributed by atoms with Crippen LogP contribution in [-0.2, 0) is 0 Å². The lowest BCUT2D eigenvalue weighted by molar-refractivity contribution is 0.0663. The van der Waals surface area contributed by atoms with Gasteiger partial charge in [-0.3, -0.25) is 4.79 Å². The number of thiophene rings is 1. The van der Waals surface area contributed by atoms with Gasteiger partial charge in [-0.2, -0.15) is 0 Å². The highest BCUT2D eigenvalue weighted by atomic mass is 32.1. The van der Waals surface area contributed by atoms with Crippen molar-refractivity contribution in [1.82, 2.24) is 0 Å². The molecule has 0 atom stereocenters. The summed E-state index contributed by atoms with van der Waals surface area (Å²) in [5.41, 5.74) is 0.717. The molecule has 2 heterocycles. The number of furan rings is 1. The summed E-state index contributed by atoms with van der Waals surface area (Å²) in [6.07, 6.45) is 0.745. The van der Waals surface area contributed by atoms with E-state index in [1.165, 1.54) is 17.4 Å². The second-order valence-electron chi connectivity index (χ2n) is 2.82. The van der Waals surface area contributed by atoms with E-state index in [4.69, 9.17) is 9.52 Å². The maximum Gasteiger partial charge on any atom is 0.371 e. The van der Waals surface area contributed by atoms with Gasteiger partial charge in [-0.25, -0.2) is 4.79 Å². The van der Waals surface area contributed by atoms with Crippen LogP contribution in [0.3, 0.4) is 0 Å². The van der Waals surface area contributed by atoms with Gasteiger partial charge in [0.15, 0.2) is 6.29 Å². The van der Waals surface area contributed by atoms with Crippen molar-refractivity contribution in [1.29, 1.82) is 0 Å². The summed E-state index contributed by atoms with van der Waals surface area (Å²) in [5, 5.41) is 10.4. The van der Waals surface area contributed by atoms with Gasteiger partial charge in [0.25, 0.3) is 0 Å². The zero-order valence-electron chi connectivity index (χ0n) is 7.47. The highest BCUT2D eigenvalue weighted by Crippen LogP contribution is 2.26. The van der Waals surface area contributed by atoms with E-state index >= 15 is 0 Å². The molecule has 0 saturated carbocycles. The Morgan fingerprint density at radius 2 is 2.27 bits per heavy atom. The molecule has 5 heteroatoms. The molecule has 15 heavy (non-hydrogen) atoms. The number of carbonyl (C=O) groups is 2. The molecule has 0 bridgehead atoms. The summed E-state index contributed by atoms with van der Waals surface area (Å²) in [6.45, 7) is 0. The van der Waals surface area contributed by atoms with Crippen LogP contribution in [0.15, 0.2) is 28.0 Å². The molecular formula is C10H6O4S. The van der Waals surface area contributed by atoms with Gasteiger partial charge in [0.1, 0.15) is 5.76 Å². The largest absolute Gasteiger partial charge is 0.475 e. The Labute approximate surface area is 88.8 Å². The Morgan fingerprint density at radius 3 is 2.80 bits per heavy atom. The fraction of sp³-hybridized carbons (Fsp3) is 0. The maximum absolute atomic E-state index is 10.6. The smallest absolute Gasteiger partial charge is 0.371 e. The minimum Gasteiger partial charge on any atom is -0.475 e. The molecular weight excluding hydrogens is 216 g/mol. The fourth-order valence-electron chi connectivity index (χ4n) is 1.15. The minimum atomic E-state index is -1.10. The second-order valence-corrected chi connectivity index (χ2v) is 3.77. The van der Waals surface area contributed by atoms with Crippen LogP contribution in [0.1, 0.15) is 20.2 Å². The van der Waals surface area contributed by atoms with E-state index in [2.05, 4.69) is 0 Å². The molecule has 2 rings (SSSR count). The fourth-order valence-corrected chi connectivity index (χ4v) is 1.85. The van der Waals surface area contributed by atoms with Crippen molar-refractivity contribution < 1.29 is 19.1 Å². The first-order valence-electron chi connectivity index (χ1n) is 4.08. The molecule has 1 N–H and O–H groups in total. The van der Waals surface area contributed by atoms with Crippen molar-refractivity contribution in [3.63, 3.8) is 0 Å². The molecule has 0 unspecified atom stereocenters. The van der Waals surface area contributed by atoms with Crippen molar-refractivity contribution in [2.45, 2.75) is 0 Å². The average molecular weight is 222 g/mol. The van der Waals surface area contributed by atoms with Gasteiger partial charge in [-0.05, 0) is 18.2 Å². The number of hydrogen-bond donors (Lipinski definition) is 1. The molecule has 76 valence electrons. The molecule has 2 aromatic rings. The van der Waals surface area contributed by atoms with E-state index < -0.39 is 5.97 Å². The molecule has 0 aliphatic heterocycles. The van der Waals surface area contributed by atoms with Crippen molar-refractivity contribution >= 4 is 23.6 Å². The van der Waals surface area contributed by atoms with Crippen molar-refractivity contribution in [2.24, 2.45) is 0 Å². The first-order chi connectivity index (χ1) is 7.20. The number of aromatic carboxylic acids is 1. The second kappa shape index (κ2) is 3.70. The minimum absolute atomic E-state index is 0.108. The predicted octanol–water partition coefficient (Wildman–Crippen LogP) is 2.52. The highest BCUT2D eigenvalue weighted by molar-refractivity contribution is 7.12. The van der Waals surface area contributed by atoms with E-state index in [1.54, 1.807) is 17.5 Å². The van der Waals surface area contributed by atoms with Crippen LogP contribution >= 0.6 is 11.3 Å². The van der Waals surface area contributed by atoms with Gasteiger partial charge in [-0.15, -0.1) is 11.3 Å². The van der Waals surface area contributed by atoms with Crippen molar-refractivity contribution in [2.75, 3.05) is 0 Å². The van der Waals surface area contributed by atoms with Gasteiger partial charge >= 0.3 is 5.97 Å². The summed E-state index contributed by atoms with van der Waals surface area (Å²) in [7, 11) is 0. The summed E-state index contributed by atoms with van der Waals surface area (Å²) in [6, 6.07) is 4.61. The van der Waals surface area contributed by atoms with Crippen LogP contribution in [0.25, 0.3) is 11.3 Å². The summed E-state index contributed by atoms with van der Waals surface area (Å²) >= 11 is 1.29. The number of carboxylic acids is 1. The molecule has 0 aliphatic carbocycles. The maximum atomic E-state index is 10.6. The first-order valence-corrected chi connectivity index (χ1v) is 4.96. The third-order valence-corrected chi connectivity index (χ3v) is 2.70. The summed E-state index contributed by atoms with van der Waals surface area (Å²) in [4.78, 5) is 21.6. The number of carboxylic acid groups (broad SMARTS) is 1. The third kappa shape index (κ3) is 1.82. The normalized spacial score (nSPS) is 10.1. The Kier molecular flexibility index (Phi) is 2.39. The van der Waals surface area contributed by atoms with Crippen LogP contribution in [0.2, 0.25) is 0 Å². The predicted molar refractivity (Wildman–Crippen MR) is 54.4 cm³/mol. The lowest BCUT2D eigenvalue weighted by Crippen LogP contribution is -1.91. The van der Waals surface area contributed by atoms with E-state index in [-0.39, 0.29) is 5.76 Å². The van der Waals surface area contributed by atoms with Gasteiger partial charge in [-0.1, -0.05) is 0 Å². The zero-order chi connectivity index (χ0) is 10.8. The SMILES string of the molecule is O=Cc1cc(-c2ccc(C(=O)O)o2)cs1. The first kappa shape index (κ1) is 9.67. The topological polar surface area (TPSA) is 67.5 Å². The zero-order valence-corrected chi connectivity index (χ0v) is 8.28.